The highest BCUT2D eigenvalue weighted by Crippen LogP contribution is 2.34. The molecule has 0 aliphatic carbocycles. The van der Waals surface area contributed by atoms with E-state index in [1.165, 1.54) is 5.56 Å². The zero-order chi connectivity index (χ0) is 21.0. The molecule has 29 heavy (non-hydrogen) atoms. The summed E-state index contributed by atoms with van der Waals surface area (Å²) in [7, 11) is 0. The van der Waals surface area contributed by atoms with Crippen molar-refractivity contribution in [1.82, 2.24) is 4.90 Å². The summed E-state index contributed by atoms with van der Waals surface area (Å²) in [5.41, 5.74) is 3.71. The van der Waals surface area contributed by atoms with Gasteiger partial charge >= 0.3 is 0 Å². The number of carbonyl (C=O) groups is 2. The van der Waals surface area contributed by atoms with Gasteiger partial charge in [-0.3, -0.25) is 9.59 Å². The standard InChI is InChI=1S/C22H26ClN3O3/c1-15-7-8-18(13-16(15)2)29-14-21(28)24-20-6-4-5-19(23)22(20)26-11-9-25(10-12-26)17(3)27/h4-8,13H,9-12,14H2,1-3H3,(H,24,28). The first-order valence-corrected chi connectivity index (χ1v) is 10.0. The van der Waals surface area contributed by atoms with Crippen molar-refractivity contribution in [3.8, 4) is 5.75 Å². The van der Waals surface area contributed by atoms with E-state index in [9.17, 15) is 9.59 Å². The third-order valence-corrected chi connectivity index (χ3v) is 5.46. The third-order valence-electron chi connectivity index (χ3n) is 5.15. The second-order valence-electron chi connectivity index (χ2n) is 7.21. The molecule has 1 N–H and O–H groups in total. The Hall–Kier alpha value is -2.73. The molecule has 0 bridgehead atoms. The number of rotatable bonds is 5. The second-order valence-corrected chi connectivity index (χ2v) is 7.62. The van der Waals surface area contributed by atoms with Crippen LogP contribution >= 0.6 is 11.6 Å². The summed E-state index contributed by atoms with van der Waals surface area (Å²) in [5.74, 6) is 0.477. The number of nitrogens with zero attached hydrogens (tertiary/aromatic N) is 2. The van der Waals surface area contributed by atoms with Gasteiger partial charge in [0.2, 0.25) is 5.91 Å². The maximum Gasteiger partial charge on any atom is 0.262 e. The quantitative estimate of drug-likeness (QED) is 0.809. The first-order chi connectivity index (χ1) is 13.8. The van der Waals surface area contributed by atoms with E-state index in [0.29, 0.717) is 42.6 Å². The minimum atomic E-state index is -0.255. The molecule has 2 amide bonds. The number of aryl methyl sites for hydroxylation is 2. The molecular formula is C22H26ClN3O3. The Bertz CT molecular complexity index is 908. The molecule has 3 rings (SSSR count). The third kappa shape index (κ3) is 5.21. The van der Waals surface area contributed by atoms with Gasteiger partial charge < -0.3 is 19.9 Å². The van der Waals surface area contributed by atoms with Gasteiger partial charge in [-0.1, -0.05) is 23.7 Å². The largest absolute Gasteiger partial charge is 0.484 e. The number of hydrogen-bond acceptors (Lipinski definition) is 4. The van der Waals surface area contributed by atoms with Gasteiger partial charge in [-0.2, -0.15) is 0 Å². The molecular weight excluding hydrogens is 390 g/mol. The minimum Gasteiger partial charge on any atom is -0.484 e. The highest BCUT2D eigenvalue weighted by molar-refractivity contribution is 6.34. The normalized spacial score (nSPS) is 13.9. The van der Waals surface area contributed by atoms with Gasteiger partial charge in [0.05, 0.1) is 16.4 Å². The molecule has 7 heteroatoms. The Morgan fingerprint density at radius 2 is 1.79 bits per heavy atom. The topological polar surface area (TPSA) is 61.9 Å². The number of carbonyl (C=O) groups excluding carboxylic acids is 2. The molecule has 0 saturated carbocycles. The van der Waals surface area contributed by atoms with Crippen molar-refractivity contribution < 1.29 is 14.3 Å². The van der Waals surface area contributed by atoms with Crippen molar-refractivity contribution in [3.05, 3.63) is 52.5 Å². The number of amides is 2. The summed E-state index contributed by atoms with van der Waals surface area (Å²) in [6.45, 7) is 8.10. The summed E-state index contributed by atoms with van der Waals surface area (Å²) in [6, 6.07) is 11.2. The Morgan fingerprint density at radius 3 is 2.45 bits per heavy atom. The van der Waals surface area contributed by atoms with Crippen LogP contribution in [0.25, 0.3) is 0 Å². The molecule has 6 nitrogen and oxygen atoms in total. The van der Waals surface area contributed by atoms with Gasteiger partial charge in [-0.15, -0.1) is 0 Å². The van der Waals surface area contributed by atoms with Crippen molar-refractivity contribution >= 4 is 34.8 Å². The van der Waals surface area contributed by atoms with Crippen LogP contribution in [-0.4, -0.2) is 49.5 Å². The summed E-state index contributed by atoms with van der Waals surface area (Å²) < 4.78 is 5.63. The molecule has 154 valence electrons. The summed E-state index contributed by atoms with van der Waals surface area (Å²) >= 11 is 6.45. The Labute approximate surface area is 176 Å². The Balaban J connectivity index is 1.66. The average molecular weight is 416 g/mol. The van der Waals surface area contributed by atoms with Crippen LogP contribution in [0.5, 0.6) is 5.75 Å². The van der Waals surface area contributed by atoms with Crippen LogP contribution in [0.4, 0.5) is 11.4 Å². The number of hydrogen-bond donors (Lipinski definition) is 1. The summed E-state index contributed by atoms with van der Waals surface area (Å²) in [6.07, 6.45) is 0. The van der Waals surface area contributed by atoms with E-state index in [1.54, 1.807) is 19.1 Å². The number of piperazine rings is 1. The zero-order valence-electron chi connectivity index (χ0n) is 17.0. The first-order valence-electron chi connectivity index (χ1n) is 9.64. The summed E-state index contributed by atoms with van der Waals surface area (Å²) in [5, 5.41) is 3.47. The van der Waals surface area contributed by atoms with E-state index < -0.39 is 0 Å². The van der Waals surface area contributed by atoms with E-state index in [0.717, 1.165) is 11.3 Å². The average Bonchev–Trinajstić information content (AvgIpc) is 2.69. The van der Waals surface area contributed by atoms with Crippen molar-refractivity contribution in [2.75, 3.05) is 43.0 Å². The SMILES string of the molecule is CC(=O)N1CCN(c2c(Cl)cccc2NC(=O)COc2ccc(C)c(C)c2)CC1. The number of para-hydroxylation sites is 1. The maximum atomic E-state index is 12.5. The highest BCUT2D eigenvalue weighted by atomic mass is 35.5. The Kier molecular flexibility index (Phi) is 6.64. The predicted molar refractivity (Wildman–Crippen MR) is 116 cm³/mol. The van der Waals surface area contributed by atoms with Gasteiger partial charge in [0.25, 0.3) is 5.91 Å². The van der Waals surface area contributed by atoms with Gasteiger partial charge in [0.1, 0.15) is 5.75 Å². The number of anilines is 2. The van der Waals surface area contributed by atoms with Crippen LogP contribution in [0.2, 0.25) is 5.02 Å². The molecule has 1 fully saturated rings. The molecule has 0 aromatic heterocycles. The lowest BCUT2D eigenvalue weighted by Crippen LogP contribution is -2.48. The van der Waals surface area contributed by atoms with Crippen molar-refractivity contribution in [1.29, 1.82) is 0 Å². The van der Waals surface area contributed by atoms with Gasteiger partial charge in [0, 0.05) is 33.1 Å². The van der Waals surface area contributed by atoms with Crippen LogP contribution in [0, 0.1) is 13.8 Å². The van der Waals surface area contributed by atoms with Gasteiger partial charge in [0.15, 0.2) is 6.61 Å². The number of halogens is 1. The Morgan fingerprint density at radius 1 is 1.07 bits per heavy atom. The molecule has 0 atom stereocenters. The monoisotopic (exact) mass is 415 g/mol. The van der Waals surface area contributed by atoms with E-state index in [2.05, 4.69) is 10.2 Å². The maximum absolute atomic E-state index is 12.5. The van der Waals surface area contributed by atoms with Crippen LogP contribution in [0.3, 0.4) is 0 Å². The lowest BCUT2D eigenvalue weighted by Gasteiger charge is -2.36. The smallest absolute Gasteiger partial charge is 0.262 e. The molecule has 1 saturated heterocycles. The molecule has 2 aromatic rings. The predicted octanol–water partition coefficient (Wildman–Crippen LogP) is 3.64. The number of ether oxygens (including phenoxy) is 1. The van der Waals surface area contributed by atoms with E-state index in [1.807, 2.05) is 43.0 Å². The number of nitrogens with one attached hydrogen (secondary N) is 1. The van der Waals surface area contributed by atoms with Crippen LogP contribution < -0.4 is 15.0 Å². The van der Waals surface area contributed by atoms with Crippen LogP contribution in [-0.2, 0) is 9.59 Å². The van der Waals surface area contributed by atoms with Gasteiger partial charge in [-0.05, 0) is 49.2 Å². The zero-order valence-corrected chi connectivity index (χ0v) is 17.8. The van der Waals surface area contributed by atoms with Crippen molar-refractivity contribution in [3.63, 3.8) is 0 Å². The molecule has 0 spiro atoms. The molecule has 0 radical (unpaired) electrons. The van der Waals surface area contributed by atoms with E-state index >= 15 is 0 Å². The summed E-state index contributed by atoms with van der Waals surface area (Å²) in [4.78, 5) is 27.9. The molecule has 1 aliphatic heterocycles. The first kappa shape index (κ1) is 21.0. The lowest BCUT2D eigenvalue weighted by atomic mass is 10.1. The molecule has 1 heterocycles. The fraction of sp³-hybridized carbons (Fsp3) is 0.364. The van der Waals surface area contributed by atoms with E-state index in [4.69, 9.17) is 16.3 Å². The molecule has 2 aromatic carbocycles. The fourth-order valence-corrected chi connectivity index (χ4v) is 3.62. The van der Waals surface area contributed by atoms with Crippen molar-refractivity contribution in [2.45, 2.75) is 20.8 Å². The van der Waals surface area contributed by atoms with Crippen LogP contribution in [0.1, 0.15) is 18.1 Å². The highest BCUT2D eigenvalue weighted by Gasteiger charge is 2.23. The van der Waals surface area contributed by atoms with Crippen LogP contribution in [0.15, 0.2) is 36.4 Å². The van der Waals surface area contributed by atoms with E-state index in [-0.39, 0.29) is 18.4 Å². The second kappa shape index (κ2) is 9.18. The molecule has 1 aliphatic rings. The van der Waals surface area contributed by atoms with Crippen molar-refractivity contribution in [2.24, 2.45) is 0 Å². The minimum absolute atomic E-state index is 0.0702. The lowest BCUT2D eigenvalue weighted by molar-refractivity contribution is -0.129. The fourth-order valence-electron chi connectivity index (χ4n) is 3.32. The molecule has 0 unspecified atom stereocenters. The number of benzene rings is 2. The van der Waals surface area contributed by atoms with Gasteiger partial charge in [-0.25, -0.2) is 0 Å².